The van der Waals surface area contributed by atoms with Crippen molar-refractivity contribution in [1.29, 1.82) is 0 Å². The van der Waals surface area contributed by atoms with E-state index in [2.05, 4.69) is 41.3 Å². The number of H-pyrrole nitrogens is 1. The fraction of sp³-hybridized carbons (Fsp3) is 0.500. The molecule has 3 nitrogen and oxygen atoms in total. The normalized spacial score (nSPS) is 23.8. The summed E-state index contributed by atoms with van der Waals surface area (Å²) in [6, 6.07) is 8.18. The van der Waals surface area contributed by atoms with Crippen molar-refractivity contribution in [3.8, 4) is 0 Å². The average Bonchev–Trinajstić information content (AvgIpc) is 2.92. The number of nitrogens with one attached hydrogen (secondary N) is 2. The number of rotatable bonds is 4. The minimum absolute atomic E-state index is 0.382. The Labute approximate surface area is 125 Å². The molecular formula is C16H22ClN3. The van der Waals surface area contributed by atoms with Crippen LogP contribution in [0, 0.1) is 5.41 Å². The molecule has 1 aliphatic heterocycles. The quantitative estimate of drug-likeness (QED) is 0.906. The number of para-hydroxylation sites is 1. The maximum absolute atomic E-state index is 6.43. The van der Waals surface area contributed by atoms with E-state index in [0.29, 0.717) is 5.41 Å². The maximum atomic E-state index is 6.43. The standard InChI is InChI=1S/C16H22ClN3/c1-16(7-8-20(2)11-16)10-18-9-14-15(17)12-5-3-4-6-13(12)19-14/h3-6,18-19H,7-11H2,1-2H3. The number of fused-ring (bicyclic) bond motifs is 1. The molecule has 2 N–H and O–H groups in total. The molecule has 1 aromatic heterocycles. The van der Waals surface area contributed by atoms with E-state index in [1.807, 2.05) is 12.1 Å². The van der Waals surface area contributed by atoms with Crippen molar-refractivity contribution >= 4 is 22.5 Å². The molecular weight excluding hydrogens is 270 g/mol. The monoisotopic (exact) mass is 291 g/mol. The molecule has 1 saturated heterocycles. The highest BCUT2D eigenvalue weighted by atomic mass is 35.5. The second kappa shape index (κ2) is 5.40. The Hall–Kier alpha value is -1.03. The van der Waals surface area contributed by atoms with E-state index in [4.69, 9.17) is 11.6 Å². The molecule has 1 aliphatic rings. The largest absolute Gasteiger partial charge is 0.356 e. The number of aromatic nitrogens is 1. The number of hydrogen-bond acceptors (Lipinski definition) is 2. The SMILES string of the molecule is CN1CCC(C)(CNCc2[nH]c3ccccc3c2Cl)C1. The zero-order valence-electron chi connectivity index (χ0n) is 12.2. The summed E-state index contributed by atoms with van der Waals surface area (Å²) >= 11 is 6.43. The van der Waals surface area contributed by atoms with Gasteiger partial charge in [0.25, 0.3) is 0 Å². The molecule has 0 amide bonds. The minimum Gasteiger partial charge on any atom is -0.356 e. The smallest absolute Gasteiger partial charge is 0.0705 e. The summed E-state index contributed by atoms with van der Waals surface area (Å²) in [5, 5.41) is 5.52. The number of aromatic amines is 1. The van der Waals surface area contributed by atoms with Crippen molar-refractivity contribution in [3.05, 3.63) is 35.0 Å². The van der Waals surface area contributed by atoms with Crippen molar-refractivity contribution < 1.29 is 0 Å². The van der Waals surface area contributed by atoms with Crippen LogP contribution in [0.3, 0.4) is 0 Å². The van der Waals surface area contributed by atoms with E-state index < -0.39 is 0 Å². The highest BCUT2D eigenvalue weighted by Crippen LogP contribution is 2.29. The van der Waals surface area contributed by atoms with E-state index in [9.17, 15) is 0 Å². The van der Waals surface area contributed by atoms with Crippen molar-refractivity contribution in [3.63, 3.8) is 0 Å². The van der Waals surface area contributed by atoms with Gasteiger partial charge in [-0.15, -0.1) is 0 Å². The van der Waals surface area contributed by atoms with Crippen molar-refractivity contribution in [2.24, 2.45) is 5.41 Å². The molecule has 2 heterocycles. The first kappa shape index (κ1) is 13.9. The predicted octanol–water partition coefficient (Wildman–Crippen LogP) is 3.25. The van der Waals surface area contributed by atoms with Crippen LogP contribution < -0.4 is 5.32 Å². The molecule has 108 valence electrons. The molecule has 2 aromatic rings. The first-order valence-electron chi connectivity index (χ1n) is 7.22. The summed E-state index contributed by atoms with van der Waals surface area (Å²) in [4.78, 5) is 5.81. The van der Waals surface area contributed by atoms with Crippen LogP contribution >= 0.6 is 11.6 Å². The fourth-order valence-electron chi connectivity index (χ4n) is 3.19. The van der Waals surface area contributed by atoms with Crippen LogP contribution in [0.5, 0.6) is 0 Å². The van der Waals surface area contributed by atoms with Crippen LogP contribution in [0.4, 0.5) is 0 Å². The van der Waals surface area contributed by atoms with Crippen LogP contribution in [-0.2, 0) is 6.54 Å². The number of likely N-dealkylation sites (tertiary alicyclic amines) is 1. The topological polar surface area (TPSA) is 31.1 Å². The van der Waals surface area contributed by atoms with Crippen LogP contribution in [-0.4, -0.2) is 36.6 Å². The van der Waals surface area contributed by atoms with Crippen molar-refractivity contribution in [2.45, 2.75) is 19.9 Å². The van der Waals surface area contributed by atoms with E-state index >= 15 is 0 Å². The Bertz CT molecular complexity index is 607. The first-order chi connectivity index (χ1) is 9.57. The third-order valence-electron chi connectivity index (χ3n) is 4.32. The lowest BCUT2D eigenvalue weighted by atomic mass is 9.90. The Kier molecular flexibility index (Phi) is 3.76. The Morgan fingerprint density at radius 1 is 1.40 bits per heavy atom. The summed E-state index contributed by atoms with van der Waals surface area (Å²) in [5.74, 6) is 0. The molecule has 1 fully saturated rings. The van der Waals surface area contributed by atoms with Gasteiger partial charge in [-0.05, 0) is 31.5 Å². The highest BCUT2D eigenvalue weighted by molar-refractivity contribution is 6.36. The fourth-order valence-corrected chi connectivity index (χ4v) is 3.47. The molecule has 0 bridgehead atoms. The van der Waals surface area contributed by atoms with Gasteiger partial charge >= 0.3 is 0 Å². The second-order valence-corrected chi connectivity index (χ2v) is 6.74. The second-order valence-electron chi connectivity index (χ2n) is 6.37. The Morgan fingerprint density at radius 2 is 2.20 bits per heavy atom. The lowest BCUT2D eigenvalue weighted by Gasteiger charge is -2.24. The molecule has 1 unspecified atom stereocenters. The Morgan fingerprint density at radius 3 is 2.90 bits per heavy atom. The van der Waals surface area contributed by atoms with Crippen molar-refractivity contribution in [1.82, 2.24) is 15.2 Å². The predicted molar refractivity (Wildman–Crippen MR) is 85.2 cm³/mol. The first-order valence-corrected chi connectivity index (χ1v) is 7.60. The van der Waals surface area contributed by atoms with Gasteiger partial charge in [0.2, 0.25) is 0 Å². The molecule has 0 saturated carbocycles. The molecule has 1 atom stereocenters. The third kappa shape index (κ3) is 2.71. The lowest BCUT2D eigenvalue weighted by Crippen LogP contribution is -2.33. The van der Waals surface area contributed by atoms with Gasteiger partial charge in [0.1, 0.15) is 0 Å². The van der Waals surface area contributed by atoms with Crippen molar-refractivity contribution in [2.75, 3.05) is 26.7 Å². The molecule has 0 spiro atoms. The van der Waals surface area contributed by atoms with Gasteiger partial charge in [0.15, 0.2) is 0 Å². The molecule has 0 aliphatic carbocycles. The molecule has 0 radical (unpaired) electrons. The van der Waals surface area contributed by atoms with Gasteiger partial charge in [-0.1, -0.05) is 36.7 Å². The van der Waals surface area contributed by atoms with E-state index in [0.717, 1.165) is 34.7 Å². The molecule has 1 aromatic carbocycles. The zero-order chi connectivity index (χ0) is 14.2. The van der Waals surface area contributed by atoms with Crippen LogP contribution in [0.15, 0.2) is 24.3 Å². The summed E-state index contributed by atoms with van der Waals surface area (Å²) in [6.45, 7) is 6.55. The number of benzene rings is 1. The van der Waals surface area contributed by atoms with E-state index in [1.165, 1.54) is 19.5 Å². The molecule has 3 rings (SSSR count). The van der Waals surface area contributed by atoms with E-state index in [1.54, 1.807) is 0 Å². The molecule has 4 heteroatoms. The van der Waals surface area contributed by atoms with Gasteiger partial charge in [0.05, 0.1) is 5.02 Å². The average molecular weight is 292 g/mol. The maximum Gasteiger partial charge on any atom is 0.0705 e. The van der Waals surface area contributed by atoms with Gasteiger partial charge < -0.3 is 15.2 Å². The van der Waals surface area contributed by atoms with Gasteiger partial charge in [0, 0.05) is 36.2 Å². The summed E-state index contributed by atoms with van der Waals surface area (Å²) in [7, 11) is 2.19. The van der Waals surface area contributed by atoms with Gasteiger partial charge in [-0.25, -0.2) is 0 Å². The number of halogens is 1. The number of nitrogens with zero attached hydrogens (tertiary/aromatic N) is 1. The van der Waals surface area contributed by atoms with Crippen LogP contribution in [0.2, 0.25) is 5.02 Å². The van der Waals surface area contributed by atoms with Crippen LogP contribution in [0.25, 0.3) is 10.9 Å². The third-order valence-corrected chi connectivity index (χ3v) is 4.75. The minimum atomic E-state index is 0.382. The molecule has 20 heavy (non-hydrogen) atoms. The summed E-state index contributed by atoms with van der Waals surface area (Å²) < 4.78 is 0. The number of hydrogen-bond donors (Lipinski definition) is 2. The summed E-state index contributed by atoms with van der Waals surface area (Å²) in [5.41, 5.74) is 2.58. The zero-order valence-corrected chi connectivity index (χ0v) is 12.9. The Balaban J connectivity index is 1.64. The van der Waals surface area contributed by atoms with Crippen LogP contribution in [0.1, 0.15) is 19.0 Å². The lowest BCUT2D eigenvalue weighted by molar-refractivity contribution is 0.295. The summed E-state index contributed by atoms with van der Waals surface area (Å²) in [6.07, 6.45) is 1.26. The van der Waals surface area contributed by atoms with Gasteiger partial charge in [-0.2, -0.15) is 0 Å². The van der Waals surface area contributed by atoms with Gasteiger partial charge in [-0.3, -0.25) is 0 Å². The highest BCUT2D eigenvalue weighted by Gasteiger charge is 2.31. The van der Waals surface area contributed by atoms with E-state index in [-0.39, 0.29) is 0 Å².